The Morgan fingerprint density at radius 1 is 1.14 bits per heavy atom. The predicted octanol–water partition coefficient (Wildman–Crippen LogP) is 4.34. The standard InChI is InChI=1S/C22H28N2O4/c1-22(2,3)28-21(26)24-17-7-8-18(24)14-16(13-17)20(25)15-5-9-19(10-6-15)27-12-4-11-23/h5-6,9-10,16-18H,4,7-8,12-14H2,1-3H3. The zero-order valence-electron chi connectivity index (χ0n) is 16.8. The van der Waals surface area contributed by atoms with Gasteiger partial charge in [-0.15, -0.1) is 0 Å². The Labute approximate surface area is 166 Å². The smallest absolute Gasteiger partial charge is 0.410 e. The summed E-state index contributed by atoms with van der Waals surface area (Å²) in [6.07, 6.45) is 3.31. The van der Waals surface area contributed by atoms with Crippen molar-refractivity contribution in [2.45, 2.75) is 70.6 Å². The van der Waals surface area contributed by atoms with Gasteiger partial charge in [-0.1, -0.05) is 0 Å². The maximum absolute atomic E-state index is 13.0. The molecule has 6 nitrogen and oxygen atoms in total. The molecule has 1 aromatic carbocycles. The fraction of sp³-hybridized carbons (Fsp3) is 0.591. The third kappa shape index (κ3) is 4.64. The molecule has 28 heavy (non-hydrogen) atoms. The van der Waals surface area contributed by atoms with Crippen LogP contribution in [0.25, 0.3) is 0 Å². The highest BCUT2D eigenvalue weighted by atomic mass is 16.6. The summed E-state index contributed by atoms with van der Waals surface area (Å²) in [5.74, 6) is 0.720. The number of piperidine rings is 1. The molecular formula is C22H28N2O4. The van der Waals surface area contributed by atoms with Crippen molar-refractivity contribution in [1.29, 1.82) is 5.26 Å². The highest BCUT2D eigenvalue weighted by Gasteiger charge is 2.46. The number of ketones is 1. The third-order valence-corrected chi connectivity index (χ3v) is 5.33. The second-order valence-electron chi connectivity index (χ2n) is 8.59. The molecule has 150 valence electrons. The number of fused-ring (bicyclic) bond motifs is 2. The Bertz CT molecular complexity index is 746. The first-order chi connectivity index (χ1) is 13.3. The molecule has 1 aromatic rings. The predicted molar refractivity (Wildman–Crippen MR) is 104 cm³/mol. The van der Waals surface area contributed by atoms with Crippen LogP contribution in [0.4, 0.5) is 4.79 Å². The summed E-state index contributed by atoms with van der Waals surface area (Å²) in [7, 11) is 0. The van der Waals surface area contributed by atoms with E-state index in [1.165, 1.54) is 0 Å². The van der Waals surface area contributed by atoms with Gasteiger partial charge >= 0.3 is 6.09 Å². The fourth-order valence-electron chi connectivity index (χ4n) is 4.17. The van der Waals surface area contributed by atoms with E-state index in [4.69, 9.17) is 14.7 Å². The van der Waals surface area contributed by atoms with Crippen molar-refractivity contribution < 1.29 is 19.1 Å². The number of carbonyl (C=O) groups excluding carboxylic acids is 2. The Morgan fingerprint density at radius 3 is 2.29 bits per heavy atom. The highest BCUT2D eigenvalue weighted by molar-refractivity contribution is 5.98. The Morgan fingerprint density at radius 2 is 1.75 bits per heavy atom. The van der Waals surface area contributed by atoms with Gasteiger partial charge in [0.2, 0.25) is 0 Å². The molecule has 0 aromatic heterocycles. The number of hydrogen-bond donors (Lipinski definition) is 0. The van der Waals surface area contributed by atoms with Crippen LogP contribution in [0.3, 0.4) is 0 Å². The van der Waals surface area contributed by atoms with E-state index in [9.17, 15) is 9.59 Å². The molecular weight excluding hydrogens is 356 g/mol. The molecule has 2 bridgehead atoms. The summed E-state index contributed by atoms with van der Waals surface area (Å²) >= 11 is 0. The molecule has 6 heteroatoms. The number of hydrogen-bond acceptors (Lipinski definition) is 5. The molecule has 2 atom stereocenters. The summed E-state index contributed by atoms with van der Waals surface area (Å²) in [4.78, 5) is 27.4. The van der Waals surface area contributed by atoms with E-state index in [1.807, 2.05) is 31.7 Å². The lowest BCUT2D eigenvalue weighted by atomic mass is 9.85. The number of ether oxygens (including phenoxy) is 2. The van der Waals surface area contributed by atoms with Crippen LogP contribution in [0.5, 0.6) is 5.75 Å². The van der Waals surface area contributed by atoms with Crippen LogP contribution in [0.15, 0.2) is 24.3 Å². The Balaban J connectivity index is 1.61. The number of Topliss-reactive ketones (excluding diaryl/α,β-unsaturated/α-hetero) is 1. The maximum atomic E-state index is 13.0. The number of nitrogens with zero attached hydrogens (tertiary/aromatic N) is 2. The monoisotopic (exact) mass is 384 g/mol. The number of benzene rings is 1. The van der Waals surface area contributed by atoms with Crippen molar-refractivity contribution in [3.63, 3.8) is 0 Å². The van der Waals surface area contributed by atoms with Gasteiger partial charge in [0.05, 0.1) is 12.5 Å². The Hall–Kier alpha value is -2.55. The van der Waals surface area contributed by atoms with Crippen molar-refractivity contribution in [2.24, 2.45) is 5.92 Å². The summed E-state index contributed by atoms with van der Waals surface area (Å²) in [5, 5.41) is 8.55. The van der Waals surface area contributed by atoms with Gasteiger partial charge in [-0.3, -0.25) is 4.79 Å². The molecule has 2 fully saturated rings. The average molecular weight is 384 g/mol. The molecule has 0 N–H and O–H groups in total. The third-order valence-electron chi connectivity index (χ3n) is 5.33. The minimum atomic E-state index is -0.514. The highest BCUT2D eigenvalue weighted by Crippen LogP contribution is 2.40. The van der Waals surface area contributed by atoms with E-state index >= 15 is 0 Å². The molecule has 0 spiro atoms. The van der Waals surface area contributed by atoms with Gasteiger partial charge in [-0.2, -0.15) is 5.26 Å². The van der Waals surface area contributed by atoms with Gasteiger partial charge < -0.3 is 14.4 Å². The van der Waals surface area contributed by atoms with Crippen LogP contribution < -0.4 is 4.74 Å². The number of rotatable bonds is 5. The summed E-state index contributed by atoms with van der Waals surface area (Å²) < 4.78 is 11.0. The average Bonchev–Trinajstić information content (AvgIpc) is 2.91. The molecule has 2 unspecified atom stereocenters. The van der Waals surface area contributed by atoms with Gasteiger partial charge in [0.25, 0.3) is 0 Å². The van der Waals surface area contributed by atoms with Gasteiger partial charge in [0.15, 0.2) is 5.78 Å². The zero-order valence-corrected chi connectivity index (χ0v) is 16.8. The number of carbonyl (C=O) groups is 2. The second-order valence-corrected chi connectivity index (χ2v) is 8.59. The summed E-state index contributed by atoms with van der Waals surface area (Å²) in [6, 6.07) is 9.31. The van der Waals surface area contributed by atoms with E-state index < -0.39 is 5.60 Å². The van der Waals surface area contributed by atoms with E-state index in [1.54, 1.807) is 24.3 Å². The van der Waals surface area contributed by atoms with Crippen molar-refractivity contribution >= 4 is 11.9 Å². The lowest BCUT2D eigenvalue weighted by molar-refractivity contribution is 0.00254. The molecule has 2 saturated heterocycles. The summed E-state index contributed by atoms with van der Waals surface area (Å²) in [5.41, 5.74) is 0.156. The molecule has 1 amide bonds. The van der Waals surface area contributed by atoms with Gasteiger partial charge in [0, 0.05) is 23.6 Å². The lowest BCUT2D eigenvalue weighted by Crippen LogP contribution is -2.49. The van der Waals surface area contributed by atoms with Crippen LogP contribution in [-0.4, -0.2) is 41.1 Å². The van der Waals surface area contributed by atoms with Gasteiger partial charge in [-0.05, 0) is 70.7 Å². The van der Waals surface area contributed by atoms with Crippen LogP contribution in [-0.2, 0) is 4.74 Å². The van der Waals surface area contributed by atoms with Crippen molar-refractivity contribution in [3.05, 3.63) is 29.8 Å². The van der Waals surface area contributed by atoms with Crippen LogP contribution in [0, 0.1) is 17.2 Å². The minimum absolute atomic E-state index is 0.0680. The molecule has 0 radical (unpaired) electrons. The Kier molecular flexibility index (Phi) is 5.93. The molecule has 2 aliphatic rings. The van der Waals surface area contributed by atoms with Crippen molar-refractivity contribution in [1.82, 2.24) is 4.90 Å². The summed E-state index contributed by atoms with van der Waals surface area (Å²) in [6.45, 7) is 5.96. The molecule has 2 aliphatic heterocycles. The maximum Gasteiger partial charge on any atom is 0.410 e. The SMILES string of the molecule is CC(C)(C)OC(=O)N1C2CCC1CC(C(=O)c1ccc(OCCC#N)cc1)C2. The quantitative estimate of drug-likeness (QED) is 0.557. The van der Waals surface area contributed by atoms with Crippen LogP contribution in [0.2, 0.25) is 0 Å². The molecule has 3 rings (SSSR count). The fourth-order valence-corrected chi connectivity index (χ4v) is 4.17. The van der Waals surface area contributed by atoms with E-state index in [-0.39, 0.29) is 29.9 Å². The topological polar surface area (TPSA) is 79.6 Å². The van der Waals surface area contributed by atoms with E-state index in [0.29, 0.717) is 37.2 Å². The first-order valence-electron chi connectivity index (χ1n) is 9.94. The first kappa shape index (κ1) is 20.2. The van der Waals surface area contributed by atoms with Gasteiger partial charge in [-0.25, -0.2) is 4.79 Å². The van der Waals surface area contributed by atoms with Crippen molar-refractivity contribution in [2.75, 3.05) is 6.61 Å². The number of nitriles is 1. The lowest BCUT2D eigenvalue weighted by Gasteiger charge is -2.39. The largest absolute Gasteiger partial charge is 0.493 e. The first-order valence-corrected chi connectivity index (χ1v) is 9.94. The molecule has 0 aliphatic carbocycles. The van der Waals surface area contributed by atoms with E-state index in [2.05, 4.69) is 0 Å². The minimum Gasteiger partial charge on any atom is -0.493 e. The van der Waals surface area contributed by atoms with Crippen LogP contribution in [0.1, 0.15) is 63.2 Å². The normalized spacial score (nSPS) is 23.8. The van der Waals surface area contributed by atoms with E-state index in [0.717, 1.165) is 12.8 Å². The number of amides is 1. The van der Waals surface area contributed by atoms with Crippen LogP contribution >= 0.6 is 0 Å². The molecule has 2 heterocycles. The van der Waals surface area contributed by atoms with Crippen molar-refractivity contribution in [3.8, 4) is 11.8 Å². The van der Waals surface area contributed by atoms with Gasteiger partial charge in [0.1, 0.15) is 18.0 Å². The molecule has 0 saturated carbocycles. The second kappa shape index (κ2) is 8.22. The zero-order chi connectivity index (χ0) is 20.3.